The minimum atomic E-state index is -1.07. The summed E-state index contributed by atoms with van der Waals surface area (Å²) in [5, 5.41) is 24.7. The van der Waals surface area contributed by atoms with Gasteiger partial charge in [-0.1, -0.05) is 48.5 Å². The van der Waals surface area contributed by atoms with Crippen molar-refractivity contribution in [3.05, 3.63) is 102 Å². The minimum absolute atomic E-state index is 0.0132. The van der Waals surface area contributed by atoms with E-state index in [9.17, 15) is 24.2 Å². The Morgan fingerprint density at radius 3 is 2.21 bits per heavy atom. The van der Waals surface area contributed by atoms with Crippen LogP contribution in [-0.4, -0.2) is 56.0 Å². The van der Waals surface area contributed by atoms with Gasteiger partial charge >= 0.3 is 5.97 Å². The second-order valence-corrected chi connectivity index (χ2v) is 13.1. The Morgan fingerprint density at radius 1 is 0.915 bits per heavy atom. The van der Waals surface area contributed by atoms with Crippen molar-refractivity contribution in [2.75, 3.05) is 6.54 Å². The zero-order valence-electron chi connectivity index (χ0n) is 27.9. The number of aromatic nitrogens is 2. The number of nitrogens with one attached hydrogen (secondary N) is 1. The number of hydrogen-bond donors (Lipinski definition) is 3. The second kappa shape index (κ2) is 16.0. The van der Waals surface area contributed by atoms with E-state index >= 15 is 0 Å². The van der Waals surface area contributed by atoms with Gasteiger partial charge in [0.05, 0.1) is 18.6 Å². The highest BCUT2D eigenvalue weighted by Crippen LogP contribution is 2.42. The van der Waals surface area contributed by atoms with Crippen molar-refractivity contribution in [3.8, 4) is 22.3 Å². The van der Waals surface area contributed by atoms with Crippen LogP contribution in [0.1, 0.15) is 81.7 Å². The Labute approximate surface area is 276 Å². The van der Waals surface area contributed by atoms with E-state index in [1.807, 2.05) is 60.9 Å². The molecule has 250 valence electrons. The van der Waals surface area contributed by atoms with Gasteiger partial charge in [0.15, 0.2) is 0 Å². The Kier molecular flexibility index (Phi) is 12.1. The number of amides is 1. The molecule has 0 spiro atoms. The van der Waals surface area contributed by atoms with Crippen molar-refractivity contribution in [2.24, 2.45) is 0 Å². The van der Waals surface area contributed by atoms with Gasteiger partial charge in [0.2, 0.25) is 0 Å². The Bertz CT molecular complexity index is 1610. The van der Waals surface area contributed by atoms with Crippen LogP contribution < -0.4 is 5.32 Å². The van der Waals surface area contributed by atoms with E-state index in [2.05, 4.69) is 10.3 Å². The number of aliphatic hydroxyl groups excluding tert-OH is 2. The molecule has 4 aromatic rings. The molecule has 0 fully saturated rings. The molecule has 2 aromatic carbocycles. The molecular formula is C38H46FN3O5. The SMILES string of the molecule is CC(C)n1c(CC[C@@H](O)C[C@@H](O)CC(=O)OC(C)(C)C)c(-c2ccc(F)cc2)c(-c2ccccc2)c1C(=O)NCCc1cccnc1. The van der Waals surface area contributed by atoms with E-state index in [1.165, 1.54) is 12.1 Å². The maximum Gasteiger partial charge on any atom is 0.308 e. The molecule has 0 saturated heterocycles. The minimum Gasteiger partial charge on any atom is -0.460 e. The number of halogens is 1. The lowest BCUT2D eigenvalue weighted by molar-refractivity contribution is -0.157. The first kappa shape index (κ1) is 35.5. The number of esters is 1. The summed E-state index contributed by atoms with van der Waals surface area (Å²) in [7, 11) is 0. The number of nitrogens with zero attached hydrogens (tertiary/aromatic N) is 2. The van der Waals surface area contributed by atoms with Crippen molar-refractivity contribution in [1.29, 1.82) is 0 Å². The van der Waals surface area contributed by atoms with E-state index in [4.69, 9.17) is 4.74 Å². The summed E-state index contributed by atoms with van der Waals surface area (Å²) in [6.07, 6.45) is 2.47. The predicted molar refractivity (Wildman–Crippen MR) is 181 cm³/mol. The topological polar surface area (TPSA) is 114 Å². The smallest absolute Gasteiger partial charge is 0.308 e. The molecule has 3 N–H and O–H groups in total. The van der Waals surface area contributed by atoms with Crippen LogP contribution in [0, 0.1) is 5.82 Å². The molecule has 0 saturated carbocycles. The normalized spacial score (nSPS) is 13.0. The van der Waals surface area contributed by atoms with Crippen LogP contribution in [0.3, 0.4) is 0 Å². The van der Waals surface area contributed by atoms with Crippen molar-refractivity contribution in [1.82, 2.24) is 14.9 Å². The van der Waals surface area contributed by atoms with Crippen LogP contribution in [0.5, 0.6) is 0 Å². The van der Waals surface area contributed by atoms with E-state index in [0.717, 1.165) is 33.5 Å². The van der Waals surface area contributed by atoms with Crippen molar-refractivity contribution in [2.45, 2.75) is 90.6 Å². The number of hydrogen-bond acceptors (Lipinski definition) is 6. The molecule has 1 amide bonds. The summed E-state index contributed by atoms with van der Waals surface area (Å²) in [4.78, 5) is 30.6. The molecular weight excluding hydrogens is 597 g/mol. The number of benzene rings is 2. The van der Waals surface area contributed by atoms with E-state index in [0.29, 0.717) is 25.1 Å². The molecule has 0 radical (unpaired) electrons. The van der Waals surface area contributed by atoms with Crippen LogP contribution in [0.2, 0.25) is 0 Å². The average molecular weight is 644 g/mol. The summed E-state index contributed by atoms with van der Waals surface area (Å²) in [6, 6.07) is 19.5. The van der Waals surface area contributed by atoms with Crippen LogP contribution in [-0.2, 0) is 22.4 Å². The average Bonchev–Trinajstić information content (AvgIpc) is 3.36. The number of pyridine rings is 1. The third-order valence-electron chi connectivity index (χ3n) is 7.74. The fourth-order valence-corrected chi connectivity index (χ4v) is 5.83. The number of carbonyl (C=O) groups excluding carboxylic acids is 2. The lowest BCUT2D eigenvalue weighted by Crippen LogP contribution is -2.29. The van der Waals surface area contributed by atoms with E-state index in [-0.39, 0.29) is 37.0 Å². The Balaban J connectivity index is 1.72. The molecule has 4 rings (SSSR count). The maximum atomic E-state index is 14.2. The van der Waals surface area contributed by atoms with Gasteiger partial charge in [0, 0.05) is 41.8 Å². The number of carbonyl (C=O) groups is 2. The molecule has 0 aliphatic heterocycles. The van der Waals surface area contributed by atoms with Gasteiger partial charge in [0.1, 0.15) is 17.1 Å². The summed E-state index contributed by atoms with van der Waals surface area (Å²) < 4.78 is 21.5. The number of ether oxygens (including phenoxy) is 1. The summed E-state index contributed by atoms with van der Waals surface area (Å²) in [5.41, 5.74) is 4.69. The summed E-state index contributed by atoms with van der Waals surface area (Å²) >= 11 is 0. The molecule has 0 aliphatic rings. The molecule has 0 unspecified atom stereocenters. The van der Waals surface area contributed by atoms with E-state index < -0.39 is 23.8 Å². The summed E-state index contributed by atoms with van der Waals surface area (Å²) in [5.74, 6) is -1.15. The van der Waals surface area contributed by atoms with Crippen LogP contribution in [0.25, 0.3) is 22.3 Å². The Hall–Kier alpha value is -4.34. The molecule has 8 nitrogen and oxygen atoms in total. The fraction of sp³-hybridized carbons (Fsp3) is 0.395. The molecule has 0 aliphatic carbocycles. The molecule has 2 aromatic heterocycles. The largest absolute Gasteiger partial charge is 0.460 e. The van der Waals surface area contributed by atoms with Crippen molar-refractivity contribution >= 4 is 11.9 Å². The van der Waals surface area contributed by atoms with Gasteiger partial charge in [-0.05, 0) is 95.2 Å². The molecule has 47 heavy (non-hydrogen) atoms. The quantitative estimate of drug-likeness (QED) is 0.132. The first-order chi connectivity index (χ1) is 22.3. The highest BCUT2D eigenvalue weighted by molar-refractivity contribution is 6.05. The summed E-state index contributed by atoms with van der Waals surface area (Å²) in [6.45, 7) is 9.67. The first-order valence-electron chi connectivity index (χ1n) is 16.2. The molecule has 0 bridgehead atoms. The van der Waals surface area contributed by atoms with Gasteiger partial charge < -0.3 is 24.8 Å². The highest BCUT2D eigenvalue weighted by Gasteiger charge is 2.30. The zero-order chi connectivity index (χ0) is 34.1. The third kappa shape index (κ3) is 9.83. The maximum absolute atomic E-state index is 14.2. The lowest BCUT2D eigenvalue weighted by atomic mass is 9.92. The first-order valence-corrected chi connectivity index (χ1v) is 16.2. The third-order valence-corrected chi connectivity index (χ3v) is 7.74. The Morgan fingerprint density at radius 2 is 1.60 bits per heavy atom. The number of aliphatic hydroxyl groups is 2. The van der Waals surface area contributed by atoms with Gasteiger partial charge in [0.25, 0.3) is 5.91 Å². The highest BCUT2D eigenvalue weighted by atomic mass is 19.1. The van der Waals surface area contributed by atoms with Gasteiger partial charge in [-0.25, -0.2) is 4.39 Å². The lowest BCUT2D eigenvalue weighted by Gasteiger charge is -2.22. The van der Waals surface area contributed by atoms with Crippen LogP contribution >= 0.6 is 0 Å². The monoisotopic (exact) mass is 643 g/mol. The molecule has 2 heterocycles. The van der Waals surface area contributed by atoms with Gasteiger partial charge in [-0.15, -0.1) is 0 Å². The van der Waals surface area contributed by atoms with E-state index in [1.54, 1.807) is 45.3 Å². The predicted octanol–water partition coefficient (Wildman–Crippen LogP) is 6.69. The molecule has 9 heteroatoms. The van der Waals surface area contributed by atoms with Gasteiger partial charge in [-0.3, -0.25) is 14.6 Å². The van der Waals surface area contributed by atoms with Crippen LogP contribution in [0.4, 0.5) is 4.39 Å². The molecule has 2 atom stereocenters. The van der Waals surface area contributed by atoms with Crippen LogP contribution in [0.15, 0.2) is 79.1 Å². The standard InChI is InChI=1S/C38H46FN3O5/c1-25(2)42-32(18-17-30(43)22-31(44)23-33(45)47-38(3,4)5)34(28-13-15-29(39)16-14-28)35(27-11-7-6-8-12-27)36(42)37(46)41-21-19-26-10-9-20-40-24-26/h6-16,20,24-25,30-31,43-44H,17-19,21-23H2,1-5H3,(H,41,46)/t30-,31-/m1/s1. The second-order valence-electron chi connectivity index (χ2n) is 13.1. The fourth-order valence-electron chi connectivity index (χ4n) is 5.83. The number of rotatable bonds is 14. The van der Waals surface area contributed by atoms with Gasteiger partial charge in [-0.2, -0.15) is 0 Å². The van der Waals surface area contributed by atoms with Crippen molar-refractivity contribution < 1.29 is 28.9 Å². The van der Waals surface area contributed by atoms with Crippen molar-refractivity contribution in [3.63, 3.8) is 0 Å². The zero-order valence-corrected chi connectivity index (χ0v) is 27.9.